The SMILES string of the molecule is CC(C)c1nc2ccccc2n1CCNC(=O)CC[C@H]1NC(=O)c2ccccc2NC1=O. The quantitative estimate of drug-likeness (QED) is 0.533. The molecule has 0 unspecified atom stereocenters. The summed E-state index contributed by atoms with van der Waals surface area (Å²) in [5, 5.41) is 8.39. The van der Waals surface area contributed by atoms with Gasteiger partial charge in [0.15, 0.2) is 0 Å². The molecule has 0 fully saturated rings. The molecule has 0 saturated heterocycles. The molecule has 0 aliphatic carbocycles. The summed E-state index contributed by atoms with van der Waals surface area (Å²) in [6.45, 7) is 5.25. The Kier molecular flexibility index (Phi) is 6.20. The van der Waals surface area contributed by atoms with Gasteiger partial charge in [-0.1, -0.05) is 38.1 Å². The van der Waals surface area contributed by atoms with Crippen LogP contribution >= 0.6 is 0 Å². The molecule has 1 aliphatic heterocycles. The second-order valence-corrected chi connectivity index (χ2v) is 8.21. The summed E-state index contributed by atoms with van der Waals surface area (Å²) in [5.74, 6) is 0.446. The summed E-state index contributed by atoms with van der Waals surface area (Å²) in [5.41, 5.74) is 2.89. The van der Waals surface area contributed by atoms with Crippen LogP contribution in [0.25, 0.3) is 11.0 Å². The highest BCUT2D eigenvalue weighted by Crippen LogP contribution is 2.22. The zero-order chi connectivity index (χ0) is 22.7. The van der Waals surface area contributed by atoms with Crippen LogP contribution < -0.4 is 16.0 Å². The Morgan fingerprint density at radius 1 is 1.12 bits per heavy atom. The van der Waals surface area contributed by atoms with Gasteiger partial charge in [-0.3, -0.25) is 14.4 Å². The number of amides is 3. The van der Waals surface area contributed by atoms with E-state index in [0.717, 1.165) is 16.9 Å². The molecule has 32 heavy (non-hydrogen) atoms. The second-order valence-electron chi connectivity index (χ2n) is 8.21. The number of hydrogen-bond acceptors (Lipinski definition) is 4. The predicted octanol–water partition coefficient (Wildman–Crippen LogP) is 2.81. The van der Waals surface area contributed by atoms with Gasteiger partial charge in [-0.05, 0) is 30.7 Å². The van der Waals surface area contributed by atoms with Crippen molar-refractivity contribution in [2.24, 2.45) is 0 Å². The van der Waals surface area contributed by atoms with Gasteiger partial charge < -0.3 is 20.5 Å². The zero-order valence-corrected chi connectivity index (χ0v) is 18.2. The van der Waals surface area contributed by atoms with Crippen molar-refractivity contribution in [3.05, 3.63) is 59.9 Å². The highest BCUT2D eigenvalue weighted by Gasteiger charge is 2.27. The third-order valence-electron chi connectivity index (χ3n) is 5.57. The van der Waals surface area contributed by atoms with E-state index in [1.54, 1.807) is 24.3 Å². The van der Waals surface area contributed by atoms with Crippen molar-refractivity contribution in [3.63, 3.8) is 0 Å². The van der Waals surface area contributed by atoms with Gasteiger partial charge in [-0.2, -0.15) is 0 Å². The minimum Gasteiger partial charge on any atom is -0.354 e. The van der Waals surface area contributed by atoms with Crippen molar-refractivity contribution in [3.8, 4) is 0 Å². The number of rotatable bonds is 7. The Hall–Kier alpha value is -3.68. The predicted molar refractivity (Wildman–Crippen MR) is 122 cm³/mol. The molecule has 0 saturated carbocycles. The molecule has 0 radical (unpaired) electrons. The van der Waals surface area contributed by atoms with E-state index < -0.39 is 6.04 Å². The number of nitrogens with one attached hydrogen (secondary N) is 3. The lowest BCUT2D eigenvalue weighted by molar-refractivity contribution is -0.121. The minimum atomic E-state index is -0.759. The first-order valence-electron chi connectivity index (χ1n) is 10.9. The highest BCUT2D eigenvalue weighted by atomic mass is 16.2. The number of aromatic nitrogens is 2. The van der Waals surface area contributed by atoms with E-state index in [4.69, 9.17) is 4.98 Å². The molecule has 8 nitrogen and oxygen atoms in total. The van der Waals surface area contributed by atoms with Crippen molar-refractivity contribution in [1.29, 1.82) is 0 Å². The number of carbonyl (C=O) groups excluding carboxylic acids is 3. The number of para-hydroxylation sites is 3. The number of nitrogens with zero attached hydrogens (tertiary/aromatic N) is 2. The van der Waals surface area contributed by atoms with E-state index >= 15 is 0 Å². The summed E-state index contributed by atoms with van der Waals surface area (Å²) in [6.07, 6.45) is 0.360. The maximum atomic E-state index is 12.5. The molecule has 166 valence electrons. The molecule has 3 amide bonds. The molecule has 0 bridgehead atoms. The third kappa shape index (κ3) is 4.49. The molecule has 2 heterocycles. The second kappa shape index (κ2) is 9.21. The van der Waals surface area contributed by atoms with E-state index in [-0.39, 0.29) is 36.5 Å². The summed E-state index contributed by atoms with van der Waals surface area (Å²) in [4.78, 5) is 42.0. The molecule has 3 N–H and O–H groups in total. The first-order valence-corrected chi connectivity index (χ1v) is 10.9. The first-order chi connectivity index (χ1) is 15.4. The fourth-order valence-electron chi connectivity index (χ4n) is 3.96. The van der Waals surface area contributed by atoms with Crippen molar-refractivity contribution in [2.75, 3.05) is 11.9 Å². The maximum Gasteiger partial charge on any atom is 0.254 e. The average molecular weight is 434 g/mol. The number of anilines is 1. The fraction of sp³-hybridized carbons (Fsp3) is 0.333. The summed E-state index contributed by atoms with van der Waals surface area (Å²) in [6, 6.07) is 14.0. The lowest BCUT2D eigenvalue weighted by Gasteiger charge is -2.15. The minimum absolute atomic E-state index is 0.135. The molecule has 0 spiro atoms. The molecule has 3 aromatic rings. The molecule has 2 aromatic carbocycles. The van der Waals surface area contributed by atoms with Crippen molar-refractivity contribution in [1.82, 2.24) is 20.2 Å². The van der Waals surface area contributed by atoms with Gasteiger partial charge in [0, 0.05) is 25.4 Å². The van der Waals surface area contributed by atoms with Crippen LogP contribution in [0.2, 0.25) is 0 Å². The van der Waals surface area contributed by atoms with Gasteiger partial charge in [-0.25, -0.2) is 4.98 Å². The maximum absolute atomic E-state index is 12.5. The van der Waals surface area contributed by atoms with Crippen LogP contribution in [-0.2, 0) is 16.1 Å². The highest BCUT2D eigenvalue weighted by molar-refractivity contribution is 6.09. The van der Waals surface area contributed by atoms with E-state index in [1.807, 2.05) is 24.3 Å². The van der Waals surface area contributed by atoms with Gasteiger partial charge in [-0.15, -0.1) is 0 Å². The van der Waals surface area contributed by atoms with Crippen molar-refractivity contribution >= 4 is 34.4 Å². The molecule has 1 aromatic heterocycles. The van der Waals surface area contributed by atoms with Gasteiger partial charge in [0.05, 0.1) is 22.3 Å². The van der Waals surface area contributed by atoms with Crippen LogP contribution in [0.5, 0.6) is 0 Å². The molecule has 1 atom stereocenters. The standard InChI is InChI=1S/C24H27N5O3/c1-15(2)22-26-18-9-5-6-10-20(18)29(22)14-13-25-21(30)12-11-19-24(32)27-17-8-4-3-7-16(17)23(31)28-19/h3-10,15,19H,11-14H2,1-2H3,(H,25,30)(H,27,32)(H,28,31)/t19-/m1/s1. The van der Waals surface area contributed by atoms with Crippen molar-refractivity contribution < 1.29 is 14.4 Å². The van der Waals surface area contributed by atoms with Gasteiger partial charge >= 0.3 is 0 Å². The number of fused-ring (bicyclic) bond motifs is 2. The number of imidazole rings is 1. The zero-order valence-electron chi connectivity index (χ0n) is 18.2. The van der Waals surface area contributed by atoms with Gasteiger partial charge in [0.25, 0.3) is 5.91 Å². The molecule has 1 aliphatic rings. The summed E-state index contributed by atoms with van der Waals surface area (Å²) < 4.78 is 2.14. The lowest BCUT2D eigenvalue weighted by Crippen LogP contribution is -2.42. The molecule has 8 heteroatoms. The summed E-state index contributed by atoms with van der Waals surface area (Å²) >= 11 is 0. The molecular weight excluding hydrogens is 406 g/mol. The van der Waals surface area contributed by atoms with E-state index in [1.165, 1.54) is 0 Å². The lowest BCUT2D eigenvalue weighted by atomic mass is 10.1. The fourth-order valence-corrected chi connectivity index (χ4v) is 3.96. The Balaban J connectivity index is 1.32. The summed E-state index contributed by atoms with van der Waals surface area (Å²) in [7, 11) is 0. The normalized spacial score (nSPS) is 15.8. The van der Waals surface area contributed by atoms with Crippen LogP contribution in [0, 0.1) is 0 Å². The largest absolute Gasteiger partial charge is 0.354 e. The number of benzene rings is 2. The van der Waals surface area contributed by atoms with Crippen LogP contribution in [0.4, 0.5) is 5.69 Å². The van der Waals surface area contributed by atoms with E-state index in [2.05, 4.69) is 34.4 Å². The van der Waals surface area contributed by atoms with E-state index in [9.17, 15) is 14.4 Å². The monoisotopic (exact) mass is 433 g/mol. The van der Waals surface area contributed by atoms with Crippen LogP contribution in [0.3, 0.4) is 0 Å². The topological polar surface area (TPSA) is 105 Å². The van der Waals surface area contributed by atoms with Crippen molar-refractivity contribution in [2.45, 2.75) is 45.2 Å². The molecule has 4 rings (SSSR count). The Morgan fingerprint density at radius 2 is 1.88 bits per heavy atom. The van der Waals surface area contributed by atoms with Gasteiger partial charge in [0.2, 0.25) is 11.8 Å². The Morgan fingerprint density at radius 3 is 2.69 bits per heavy atom. The number of carbonyl (C=O) groups is 3. The van der Waals surface area contributed by atoms with Crippen LogP contribution in [0.1, 0.15) is 48.8 Å². The van der Waals surface area contributed by atoms with Crippen LogP contribution in [0.15, 0.2) is 48.5 Å². The Labute approximate surface area is 186 Å². The third-order valence-corrected chi connectivity index (χ3v) is 5.57. The van der Waals surface area contributed by atoms with Crippen LogP contribution in [-0.4, -0.2) is 39.9 Å². The smallest absolute Gasteiger partial charge is 0.254 e. The van der Waals surface area contributed by atoms with E-state index in [0.29, 0.717) is 24.3 Å². The number of hydrogen-bond donors (Lipinski definition) is 3. The average Bonchev–Trinajstić information content (AvgIpc) is 3.10. The van der Waals surface area contributed by atoms with Gasteiger partial charge in [0.1, 0.15) is 11.9 Å². The Bertz CT molecular complexity index is 1170. The molecular formula is C24H27N5O3. The first kappa shape index (κ1) is 21.5.